The van der Waals surface area contributed by atoms with E-state index in [2.05, 4.69) is 20.3 Å². The molecule has 0 radical (unpaired) electrons. The largest absolute Gasteiger partial charge is 0.326 e. The average Bonchev–Trinajstić information content (AvgIpc) is 3.54. The zero-order valence-corrected chi connectivity index (χ0v) is 16.1. The zero-order valence-electron chi connectivity index (χ0n) is 16.1. The van der Waals surface area contributed by atoms with Crippen molar-refractivity contribution < 1.29 is 13.6 Å². The van der Waals surface area contributed by atoms with Gasteiger partial charge in [0.05, 0.1) is 23.9 Å². The van der Waals surface area contributed by atoms with Gasteiger partial charge < -0.3 is 10.3 Å². The fourth-order valence-corrected chi connectivity index (χ4v) is 3.67. The van der Waals surface area contributed by atoms with E-state index < -0.39 is 23.4 Å². The van der Waals surface area contributed by atoms with Crippen molar-refractivity contribution in [2.75, 3.05) is 18.4 Å². The molecular formula is C20H23F2N5O2. The van der Waals surface area contributed by atoms with E-state index in [-0.39, 0.29) is 31.1 Å². The summed E-state index contributed by atoms with van der Waals surface area (Å²) < 4.78 is 29.0. The number of aromatic amines is 1. The van der Waals surface area contributed by atoms with Crippen molar-refractivity contribution in [3.05, 3.63) is 52.3 Å². The summed E-state index contributed by atoms with van der Waals surface area (Å²) in [7, 11) is 0. The van der Waals surface area contributed by atoms with Gasteiger partial charge in [-0.3, -0.25) is 19.5 Å². The first-order valence-electron chi connectivity index (χ1n) is 9.77. The van der Waals surface area contributed by atoms with Crippen LogP contribution in [-0.2, 0) is 4.79 Å². The van der Waals surface area contributed by atoms with Gasteiger partial charge in [-0.15, -0.1) is 0 Å². The number of nitrogens with zero attached hydrogens (tertiary/aromatic N) is 3. The van der Waals surface area contributed by atoms with Crippen molar-refractivity contribution in [2.24, 2.45) is 0 Å². The number of nitrogens with one attached hydrogen (secondary N) is 2. The lowest BCUT2D eigenvalue weighted by atomic mass is 9.90. The van der Waals surface area contributed by atoms with E-state index in [0.717, 1.165) is 6.20 Å². The molecule has 1 aliphatic carbocycles. The zero-order chi connectivity index (χ0) is 20.6. The Morgan fingerprint density at radius 2 is 2.10 bits per heavy atom. The SMILES string of the molecule is CC(C(=O)Nc1ccc(C2CC2)cn1)N1CCC(F)(F)C(c2c[nH]c(=O)cn2)C1. The van der Waals surface area contributed by atoms with E-state index in [1.807, 2.05) is 6.07 Å². The molecule has 1 saturated heterocycles. The lowest BCUT2D eigenvalue weighted by Crippen LogP contribution is -2.52. The number of carbonyl (C=O) groups excluding carboxylic acids is 1. The molecule has 2 aromatic heterocycles. The predicted molar refractivity (Wildman–Crippen MR) is 103 cm³/mol. The van der Waals surface area contributed by atoms with Crippen molar-refractivity contribution in [1.29, 1.82) is 0 Å². The number of piperidine rings is 1. The fourth-order valence-electron chi connectivity index (χ4n) is 3.67. The second kappa shape index (κ2) is 7.62. The fraction of sp³-hybridized carbons (Fsp3) is 0.500. The van der Waals surface area contributed by atoms with Gasteiger partial charge in [-0.1, -0.05) is 6.07 Å². The number of alkyl halides is 2. The Bertz CT molecular complexity index is 922. The molecule has 0 spiro atoms. The first-order chi connectivity index (χ1) is 13.8. The van der Waals surface area contributed by atoms with Crippen LogP contribution in [0.15, 0.2) is 35.5 Å². The summed E-state index contributed by atoms with van der Waals surface area (Å²) in [6.45, 7) is 1.75. The number of anilines is 1. The van der Waals surface area contributed by atoms with Crippen LogP contribution in [0.25, 0.3) is 0 Å². The molecule has 2 aliphatic rings. The van der Waals surface area contributed by atoms with Crippen LogP contribution in [0, 0.1) is 0 Å². The number of hydrogen-bond acceptors (Lipinski definition) is 5. The molecule has 2 atom stereocenters. The lowest BCUT2D eigenvalue weighted by Gasteiger charge is -2.40. The van der Waals surface area contributed by atoms with Gasteiger partial charge in [-0.2, -0.15) is 0 Å². The van der Waals surface area contributed by atoms with E-state index in [1.165, 1.54) is 24.6 Å². The monoisotopic (exact) mass is 403 g/mol. The molecule has 2 N–H and O–H groups in total. The molecule has 1 amide bonds. The van der Waals surface area contributed by atoms with Crippen LogP contribution in [0.3, 0.4) is 0 Å². The first kappa shape index (κ1) is 19.6. The van der Waals surface area contributed by atoms with Gasteiger partial charge in [-0.25, -0.2) is 13.8 Å². The van der Waals surface area contributed by atoms with Crippen LogP contribution >= 0.6 is 0 Å². The average molecular weight is 403 g/mol. The normalized spacial score (nSPS) is 22.8. The summed E-state index contributed by atoms with van der Waals surface area (Å²) in [5.41, 5.74) is 0.840. The molecule has 4 rings (SSSR count). The van der Waals surface area contributed by atoms with E-state index >= 15 is 0 Å². The maximum atomic E-state index is 14.5. The Morgan fingerprint density at radius 3 is 2.72 bits per heavy atom. The van der Waals surface area contributed by atoms with Gasteiger partial charge in [0.2, 0.25) is 5.91 Å². The highest BCUT2D eigenvalue weighted by atomic mass is 19.3. The minimum Gasteiger partial charge on any atom is -0.326 e. The number of aromatic nitrogens is 3. The van der Waals surface area contributed by atoms with Crippen LogP contribution in [0.2, 0.25) is 0 Å². The molecule has 7 nitrogen and oxygen atoms in total. The molecule has 3 heterocycles. The first-order valence-corrected chi connectivity index (χ1v) is 9.77. The second-order valence-corrected chi connectivity index (χ2v) is 7.81. The minimum atomic E-state index is -2.96. The molecule has 29 heavy (non-hydrogen) atoms. The van der Waals surface area contributed by atoms with Crippen molar-refractivity contribution in [3.8, 4) is 0 Å². The molecule has 2 fully saturated rings. The number of pyridine rings is 1. The quantitative estimate of drug-likeness (QED) is 0.801. The highest BCUT2D eigenvalue weighted by Crippen LogP contribution is 2.40. The van der Waals surface area contributed by atoms with Crippen LogP contribution < -0.4 is 10.9 Å². The van der Waals surface area contributed by atoms with Crippen molar-refractivity contribution in [3.63, 3.8) is 0 Å². The van der Waals surface area contributed by atoms with Crippen molar-refractivity contribution in [2.45, 2.75) is 50.0 Å². The number of rotatable bonds is 5. The second-order valence-electron chi connectivity index (χ2n) is 7.81. The van der Waals surface area contributed by atoms with Crippen molar-refractivity contribution >= 4 is 11.7 Å². The third kappa shape index (κ3) is 4.34. The topological polar surface area (TPSA) is 91.0 Å². The number of likely N-dealkylation sites (tertiary alicyclic amines) is 1. The smallest absolute Gasteiger partial charge is 0.266 e. The standard InChI is InChI=1S/C20H23F2N5O2/c1-12(19(29)26-17-5-4-14(8-24-17)13-2-3-13)27-7-6-20(21,22)15(11-27)16-9-25-18(28)10-23-16/h4-5,8-10,12-13,15H,2-3,6-7,11H2,1H3,(H,25,28)(H,24,26,29). The van der Waals surface area contributed by atoms with Gasteiger partial charge in [0.1, 0.15) is 5.82 Å². The molecule has 2 unspecified atom stereocenters. The number of halogens is 2. The number of amides is 1. The summed E-state index contributed by atoms with van der Waals surface area (Å²) >= 11 is 0. The summed E-state index contributed by atoms with van der Waals surface area (Å²) in [5, 5.41) is 2.77. The predicted octanol–water partition coefficient (Wildman–Crippen LogP) is 2.49. The van der Waals surface area contributed by atoms with E-state index in [9.17, 15) is 18.4 Å². The van der Waals surface area contributed by atoms with Crippen LogP contribution in [0.4, 0.5) is 14.6 Å². The van der Waals surface area contributed by atoms with Gasteiger partial charge in [0.15, 0.2) is 0 Å². The Labute approximate surface area is 166 Å². The molecular weight excluding hydrogens is 380 g/mol. The summed E-state index contributed by atoms with van der Waals surface area (Å²) in [6.07, 6.45) is 5.96. The molecule has 2 aromatic rings. The Balaban J connectivity index is 1.43. The third-order valence-corrected chi connectivity index (χ3v) is 5.72. The molecule has 154 valence electrons. The molecule has 0 bridgehead atoms. The maximum Gasteiger partial charge on any atom is 0.266 e. The summed E-state index contributed by atoms with van der Waals surface area (Å²) in [5.74, 6) is -3.42. The minimum absolute atomic E-state index is 0.0331. The number of H-pyrrole nitrogens is 1. The van der Waals surface area contributed by atoms with E-state index in [4.69, 9.17) is 0 Å². The van der Waals surface area contributed by atoms with Crippen LogP contribution in [-0.4, -0.2) is 50.8 Å². The van der Waals surface area contributed by atoms with Gasteiger partial charge in [-0.05, 0) is 37.3 Å². The third-order valence-electron chi connectivity index (χ3n) is 5.72. The Kier molecular flexibility index (Phi) is 5.16. The Morgan fingerprint density at radius 1 is 1.31 bits per heavy atom. The van der Waals surface area contributed by atoms with Crippen molar-refractivity contribution in [1.82, 2.24) is 19.9 Å². The summed E-state index contributed by atoms with van der Waals surface area (Å²) in [6, 6.07) is 3.13. The van der Waals surface area contributed by atoms with Gasteiger partial charge >= 0.3 is 0 Å². The highest BCUT2D eigenvalue weighted by molar-refractivity contribution is 5.93. The van der Waals surface area contributed by atoms with E-state index in [0.29, 0.717) is 11.7 Å². The maximum absolute atomic E-state index is 14.5. The number of hydrogen-bond donors (Lipinski definition) is 2. The molecule has 1 aliphatic heterocycles. The van der Waals surface area contributed by atoms with Crippen LogP contribution in [0.1, 0.15) is 49.3 Å². The lowest BCUT2D eigenvalue weighted by molar-refractivity contribution is -0.125. The van der Waals surface area contributed by atoms with E-state index in [1.54, 1.807) is 24.1 Å². The highest BCUT2D eigenvalue weighted by Gasteiger charge is 2.47. The van der Waals surface area contributed by atoms with Gasteiger partial charge in [0, 0.05) is 31.9 Å². The molecule has 0 aromatic carbocycles. The van der Waals surface area contributed by atoms with Gasteiger partial charge in [0.25, 0.3) is 11.5 Å². The number of carbonyl (C=O) groups is 1. The Hall–Kier alpha value is -2.68. The van der Waals surface area contributed by atoms with Crippen LogP contribution in [0.5, 0.6) is 0 Å². The molecule has 9 heteroatoms. The molecule has 1 saturated carbocycles. The summed E-state index contributed by atoms with van der Waals surface area (Å²) in [4.78, 5) is 36.1.